The molecule has 35 heavy (non-hydrogen) atoms. The Kier molecular flexibility index (Phi) is 6.38. The molecule has 6 heteroatoms. The Hall–Kier alpha value is -3.90. The largest absolute Gasteiger partial charge is 0.488 e. The minimum Gasteiger partial charge on any atom is -0.488 e. The van der Waals surface area contributed by atoms with Crippen LogP contribution in [-0.2, 0) is 13.2 Å². The Morgan fingerprint density at radius 2 is 1.80 bits per heavy atom. The molecule has 0 spiro atoms. The molecule has 0 bridgehead atoms. The van der Waals surface area contributed by atoms with E-state index in [1.165, 1.54) is 33.2 Å². The number of amides is 1. The zero-order valence-corrected chi connectivity index (χ0v) is 20.9. The first-order chi connectivity index (χ1) is 17.0. The van der Waals surface area contributed by atoms with E-state index < -0.39 is 0 Å². The molecule has 5 nitrogen and oxygen atoms in total. The average Bonchev–Trinajstić information content (AvgIpc) is 3.48. The number of aryl methyl sites for hydroxylation is 3. The Labute approximate surface area is 209 Å². The third-order valence-corrected chi connectivity index (χ3v) is 6.95. The number of hydrogen-bond acceptors (Lipinski definition) is 4. The number of thiophene rings is 1. The second-order valence-corrected chi connectivity index (χ2v) is 9.77. The summed E-state index contributed by atoms with van der Waals surface area (Å²) >= 11 is 1.41. The van der Waals surface area contributed by atoms with Gasteiger partial charge < -0.3 is 10.1 Å². The zero-order chi connectivity index (χ0) is 24.4. The topological polar surface area (TPSA) is 56.1 Å². The van der Waals surface area contributed by atoms with E-state index in [-0.39, 0.29) is 5.91 Å². The number of anilines is 1. The van der Waals surface area contributed by atoms with E-state index in [4.69, 9.17) is 4.74 Å². The van der Waals surface area contributed by atoms with Crippen LogP contribution in [0.4, 0.5) is 5.69 Å². The molecule has 176 valence electrons. The molecule has 0 unspecified atom stereocenters. The predicted molar refractivity (Wildman–Crippen MR) is 143 cm³/mol. The van der Waals surface area contributed by atoms with E-state index in [1.807, 2.05) is 34.5 Å². The molecule has 5 aromatic rings. The second-order valence-electron chi connectivity index (χ2n) is 8.85. The van der Waals surface area contributed by atoms with Crippen LogP contribution in [0.5, 0.6) is 5.75 Å². The number of ether oxygens (including phenoxy) is 1. The van der Waals surface area contributed by atoms with Crippen molar-refractivity contribution in [3.8, 4) is 5.75 Å². The lowest BCUT2D eigenvalue weighted by molar-refractivity contribution is 0.103. The minimum absolute atomic E-state index is 0.145. The first-order valence-corrected chi connectivity index (χ1v) is 12.4. The van der Waals surface area contributed by atoms with Crippen LogP contribution in [0.1, 0.15) is 37.5 Å². The van der Waals surface area contributed by atoms with Crippen LogP contribution in [0, 0.1) is 20.8 Å². The van der Waals surface area contributed by atoms with Gasteiger partial charge in [-0.05, 0) is 59.7 Å². The average molecular weight is 482 g/mol. The number of carbonyl (C=O) groups is 1. The van der Waals surface area contributed by atoms with Gasteiger partial charge in [0.05, 0.1) is 23.3 Å². The summed E-state index contributed by atoms with van der Waals surface area (Å²) in [7, 11) is 0. The van der Waals surface area contributed by atoms with E-state index in [2.05, 4.69) is 73.7 Å². The smallest absolute Gasteiger partial charge is 0.265 e. The van der Waals surface area contributed by atoms with Gasteiger partial charge in [-0.3, -0.25) is 9.48 Å². The molecule has 0 aliphatic rings. The van der Waals surface area contributed by atoms with E-state index in [0.29, 0.717) is 23.7 Å². The Morgan fingerprint density at radius 3 is 2.63 bits per heavy atom. The lowest BCUT2D eigenvalue weighted by Crippen LogP contribution is -2.09. The Morgan fingerprint density at radius 1 is 1.03 bits per heavy atom. The van der Waals surface area contributed by atoms with Gasteiger partial charge in [0.25, 0.3) is 5.91 Å². The van der Waals surface area contributed by atoms with Crippen LogP contribution in [0.25, 0.3) is 10.8 Å². The van der Waals surface area contributed by atoms with Crippen molar-refractivity contribution in [2.24, 2.45) is 0 Å². The normalized spacial score (nSPS) is 11.1. The lowest BCUT2D eigenvalue weighted by Gasteiger charge is -2.12. The van der Waals surface area contributed by atoms with E-state index in [1.54, 1.807) is 6.20 Å². The van der Waals surface area contributed by atoms with Crippen molar-refractivity contribution in [1.29, 1.82) is 0 Å². The van der Waals surface area contributed by atoms with E-state index >= 15 is 0 Å². The van der Waals surface area contributed by atoms with Gasteiger partial charge in [0.15, 0.2) is 0 Å². The number of nitrogens with zero attached hydrogens (tertiary/aromatic N) is 2. The minimum atomic E-state index is -0.145. The van der Waals surface area contributed by atoms with Gasteiger partial charge >= 0.3 is 0 Å². The van der Waals surface area contributed by atoms with E-state index in [9.17, 15) is 4.79 Å². The van der Waals surface area contributed by atoms with Crippen LogP contribution in [0.3, 0.4) is 0 Å². The van der Waals surface area contributed by atoms with E-state index in [0.717, 1.165) is 22.4 Å². The number of benzene rings is 3. The maximum absolute atomic E-state index is 12.8. The molecule has 0 saturated carbocycles. The summed E-state index contributed by atoms with van der Waals surface area (Å²) in [5.74, 6) is 0.764. The fourth-order valence-corrected chi connectivity index (χ4v) is 5.22. The van der Waals surface area contributed by atoms with Gasteiger partial charge in [0, 0.05) is 11.8 Å². The molecule has 5 rings (SSSR count). The molecule has 2 aromatic heterocycles. The molecule has 1 N–H and O–H groups in total. The number of carbonyl (C=O) groups excluding carboxylic acids is 1. The van der Waals surface area contributed by atoms with Crippen molar-refractivity contribution in [1.82, 2.24) is 9.78 Å². The van der Waals surface area contributed by atoms with Crippen LogP contribution in [0.15, 0.2) is 78.4 Å². The maximum atomic E-state index is 12.8. The third-order valence-electron chi connectivity index (χ3n) is 5.97. The van der Waals surface area contributed by atoms with Gasteiger partial charge in [-0.2, -0.15) is 5.10 Å². The monoisotopic (exact) mass is 481 g/mol. The van der Waals surface area contributed by atoms with Crippen molar-refractivity contribution < 1.29 is 9.53 Å². The fourth-order valence-electron chi connectivity index (χ4n) is 4.43. The highest BCUT2D eigenvalue weighted by Crippen LogP contribution is 2.26. The fraction of sp³-hybridized carbons (Fsp3) is 0.172. The molecule has 0 radical (unpaired) electrons. The van der Waals surface area contributed by atoms with Crippen molar-refractivity contribution in [2.45, 2.75) is 33.9 Å². The van der Waals surface area contributed by atoms with Crippen LogP contribution < -0.4 is 10.1 Å². The highest BCUT2D eigenvalue weighted by molar-refractivity contribution is 7.12. The number of fused-ring (bicyclic) bond motifs is 1. The van der Waals surface area contributed by atoms with Gasteiger partial charge in [0.1, 0.15) is 12.4 Å². The van der Waals surface area contributed by atoms with Crippen molar-refractivity contribution in [2.75, 3.05) is 5.32 Å². The zero-order valence-electron chi connectivity index (χ0n) is 20.0. The van der Waals surface area contributed by atoms with Gasteiger partial charge in [0.2, 0.25) is 0 Å². The third kappa shape index (κ3) is 5.12. The Bertz CT molecular complexity index is 1490. The highest BCUT2D eigenvalue weighted by Gasteiger charge is 2.13. The summed E-state index contributed by atoms with van der Waals surface area (Å²) in [5, 5.41) is 11.8. The van der Waals surface area contributed by atoms with Crippen LogP contribution in [-0.4, -0.2) is 15.7 Å². The summed E-state index contributed by atoms with van der Waals surface area (Å²) in [6.45, 7) is 7.26. The summed E-state index contributed by atoms with van der Waals surface area (Å²) in [4.78, 5) is 13.5. The quantitative estimate of drug-likeness (QED) is 0.275. The standard InChI is InChI=1S/C29H27N3O2S/c1-19-11-20(2)28(21(3)12-19)34-17-22-13-27(35-18-22)29(33)31-25-14-30-32(16-25)15-24-9-6-8-23-7-4-5-10-26(23)24/h4-14,16,18H,15,17H2,1-3H3,(H,31,33). The lowest BCUT2D eigenvalue weighted by atomic mass is 10.0. The summed E-state index contributed by atoms with van der Waals surface area (Å²) in [6.07, 6.45) is 3.55. The summed E-state index contributed by atoms with van der Waals surface area (Å²) in [5.41, 5.74) is 6.30. The molecule has 1 amide bonds. The second kappa shape index (κ2) is 9.76. The molecular formula is C29H27N3O2S. The summed E-state index contributed by atoms with van der Waals surface area (Å²) in [6, 6.07) is 20.7. The molecule has 0 fully saturated rings. The van der Waals surface area contributed by atoms with Crippen molar-refractivity contribution in [3.05, 3.63) is 111 Å². The van der Waals surface area contributed by atoms with Crippen LogP contribution >= 0.6 is 11.3 Å². The molecule has 0 saturated heterocycles. The first-order valence-electron chi connectivity index (χ1n) is 11.5. The molecular weight excluding hydrogens is 454 g/mol. The van der Waals surface area contributed by atoms with Gasteiger partial charge in [-0.1, -0.05) is 60.2 Å². The van der Waals surface area contributed by atoms with Crippen molar-refractivity contribution in [3.63, 3.8) is 0 Å². The summed E-state index contributed by atoms with van der Waals surface area (Å²) < 4.78 is 7.92. The van der Waals surface area contributed by atoms with Crippen LogP contribution in [0.2, 0.25) is 0 Å². The Balaban J connectivity index is 1.22. The number of hydrogen-bond donors (Lipinski definition) is 1. The highest BCUT2D eigenvalue weighted by atomic mass is 32.1. The van der Waals surface area contributed by atoms with Gasteiger partial charge in [-0.15, -0.1) is 11.3 Å². The molecule has 0 atom stereocenters. The molecule has 2 heterocycles. The number of rotatable bonds is 7. The molecule has 0 aliphatic heterocycles. The first kappa shape index (κ1) is 22.9. The molecule has 0 aliphatic carbocycles. The van der Waals surface area contributed by atoms with Crippen molar-refractivity contribution >= 4 is 33.7 Å². The predicted octanol–water partition coefficient (Wildman–Crippen LogP) is 6.90. The SMILES string of the molecule is Cc1cc(C)c(OCc2csc(C(=O)Nc3cnn(Cc4cccc5ccccc45)c3)c2)c(C)c1. The number of aromatic nitrogens is 2. The molecule has 3 aromatic carbocycles. The number of nitrogens with one attached hydrogen (secondary N) is 1. The maximum Gasteiger partial charge on any atom is 0.265 e. The van der Waals surface area contributed by atoms with Gasteiger partial charge in [-0.25, -0.2) is 0 Å².